The molecule has 0 amide bonds. The lowest BCUT2D eigenvalue weighted by molar-refractivity contribution is -0.112. The molecule has 0 aliphatic carbocycles. The van der Waals surface area contributed by atoms with Crippen LogP contribution in [0.1, 0.15) is 40.0 Å². The third-order valence-electron chi connectivity index (χ3n) is 3.66. The Kier molecular flexibility index (Phi) is 3.94. The van der Waals surface area contributed by atoms with Gasteiger partial charge in [-0.25, -0.2) is 4.79 Å². The van der Waals surface area contributed by atoms with Crippen LogP contribution in [0.15, 0.2) is 21.9 Å². The van der Waals surface area contributed by atoms with Crippen LogP contribution >= 0.6 is 0 Å². The van der Waals surface area contributed by atoms with E-state index in [9.17, 15) is 9.59 Å². The van der Waals surface area contributed by atoms with E-state index in [1.165, 1.54) is 15.2 Å². The van der Waals surface area contributed by atoms with Crippen molar-refractivity contribution in [3.05, 3.63) is 33.1 Å². The number of hydrogen-bond donors (Lipinski definition) is 0. The van der Waals surface area contributed by atoms with E-state index in [0.29, 0.717) is 13.1 Å². The monoisotopic (exact) mass is 266 g/mol. The summed E-state index contributed by atoms with van der Waals surface area (Å²) in [6.07, 6.45) is 4.48. The Morgan fingerprint density at radius 2 is 2.16 bits per heavy atom. The number of ether oxygens (including phenoxy) is 1. The number of aryl methyl sites for hydroxylation is 1. The molecule has 0 radical (unpaired) electrons. The van der Waals surface area contributed by atoms with Crippen LogP contribution < -0.4 is 11.2 Å². The Balaban J connectivity index is 2.24. The molecule has 1 fully saturated rings. The predicted octanol–water partition coefficient (Wildman–Crippen LogP) is 1.38. The van der Waals surface area contributed by atoms with Gasteiger partial charge in [0.2, 0.25) is 0 Å². The van der Waals surface area contributed by atoms with Crippen molar-refractivity contribution in [2.24, 2.45) is 0 Å². The molecular formula is C14H22N2O3. The average molecular weight is 266 g/mol. The second-order valence-electron chi connectivity index (χ2n) is 5.72. The van der Waals surface area contributed by atoms with Crippen LogP contribution in [0.4, 0.5) is 0 Å². The van der Waals surface area contributed by atoms with Gasteiger partial charge in [-0.3, -0.25) is 9.36 Å². The summed E-state index contributed by atoms with van der Waals surface area (Å²) < 4.78 is 8.78. The third kappa shape index (κ3) is 3.15. The highest BCUT2D eigenvalue weighted by molar-refractivity contribution is 4.88. The van der Waals surface area contributed by atoms with E-state index in [-0.39, 0.29) is 23.0 Å². The zero-order valence-electron chi connectivity index (χ0n) is 11.9. The minimum absolute atomic E-state index is 0.0538. The number of rotatable bonds is 3. The minimum atomic E-state index is -0.248. The quantitative estimate of drug-likeness (QED) is 0.830. The second kappa shape index (κ2) is 5.33. The van der Waals surface area contributed by atoms with E-state index in [4.69, 9.17) is 4.74 Å². The molecule has 5 nitrogen and oxygen atoms in total. The second-order valence-corrected chi connectivity index (χ2v) is 5.72. The zero-order valence-corrected chi connectivity index (χ0v) is 11.9. The van der Waals surface area contributed by atoms with Crippen molar-refractivity contribution in [2.45, 2.75) is 64.8 Å². The largest absolute Gasteiger partial charge is 0.370 e. The van der Waals surface area contributed by atoms with Gasteiger partial charge in [-0.1, -0.05) is 0 Å². The van der Waals surface area contributed by atoms with E-state index in [2.05, 4.69) is 13.8 Å². The van der Waals surface area contributed by atoms with Crippen molar-refractivity contribution in [1.82, 2.24) is 9.13 Å². The van der Waals surface area contributed by atoms with Crippen molar-refractivity contribution in [3.63, 3.8) is 0 Å². The molecule has 1 aliphatic rings. The molecule has 2 rings (SSSR count). The molecule has 1 unspecified atom stereocenters. The highest BCUT2D eigenvalue weighted by Crippen LogP contribution is 2.28. The van der Waals surface area contributed by atoms with Crippen molar-refractivity contribution in [3.8, 4) is 0 Å². The predicted molar refractivity (Wildman–Crippen MR) is 73.4 cm³/mol. The number of nitrogens with zero attached hydrogens (tertiary/aromatic N) is 2. The molecule has 1 atom stereocenters. The Morgan fingerprint density at radius 1 is 1.42 bits per heavy atom. The molecule has 0 aromatic carbocycles. The maximum Gasteiger partial charge on any atom is 0.331 e. The molecule has 1 aliphatic heterocycles. The molecule has 1 saturated heterocycles. The Bertz CT molecular complexity index is 557. The van der Waals surface area contributed by atoms with E-state index in [0.717, 1.165) is 19.3 Å². The summed E-state index contributed by atoms with van der Waals surface area (Å²) in [4.78, 5) is 24.0. The van der Waals surface area contributed by atoms with Crippen molar-refractivity contribution in [2.75, 3.05) is 0 Å². The lowest BCUT2D eigenvalue weighted by Gasteiger charge is -2.36. The Morgan fingerprint density at radius 3 is 2.79 bits per heavy atom. The van der Waals surface area contributed by atoms with Crippen LogP contribution in [0.3, 0.4) is 0 Å². The lowest BCUT2D eigenvalue weighted by Crippen LogP contribution is -2.45. The van der Waals surface area contributed by atoms with Crippen LogP contribution in [0.25, 0.3) is 0 Å². The highest BCUT2D eigenvalue weighted by Gasteiger charge is 2.29. The molecule has 5 heteroatoms. The van der Waals surface area contributed by atoms with Crippen LogP contribution in [-0.4, -0.2) is 20.8 Å². The molecule has 0 saturated carbocycles. The third-order valence-corrected chi connectivity index (χ3v) is 3.66. The van der Waals surface area contributed by atoms with E-state index >= 15 is 0 Å². The van der Waals surface area contributed by atoms with Gasteiger partial charge in [-0.2, -0.15) is 0 Å². The lowest BCUT2D eigenvalue weighted by atomic mass is 9.95. The van der Waals surface area contributed by atoms with Gasteiger partial charge < -0.3 is 9.30 Å². The maximum absolute atomic E-state index is 12.1. The highest BCUT2D eigenvalue weighted by atomic mass is 16.5. The molecular weight excluding hydrogens is 244 g/mol. The summed E-state index contributed by atoms with van der Waals surface area (Å²) in [5.74, 6) is 0. The molecule has 1 aromatic heterocycles. The molecule has 0 bridgehead atoms. The zero-order chi connectivity index (χ0) is 14.0. The van der Waals surface area contributed by atoms with Crippen LogP contribution in [0.5, 0.6) is 0 Å². The van der Waals surface area contributed by atoms with Gasteiger partial charge in [0.15, 0.2) is 0 Å². The summed E-state index contributed by atoms with van der Waals surface area (Å²) >= 11 is 0. The van der Waals surface area contributed by atoms with E-state index in [1.807, 2.05) is 6.92 Å². The molecule has 2 heterocycles. The summed E-state index contributed by atoms with van der Waals surface area (Å²) in [5.41, 5.74) is -0.658. The Hall–Kier alpha value is -1.36. The van der Waals surface area contributed by atoms with Gasteiger partial charge in [0, 0.05) is 18.8 Å². The summed E-state index contributed by atoms with van der Waals surface area (Å²) in [7, 11) is 0. The van der Waals surface area contributed by atoms with Gasteiger partial charge in [-0.15, -0.1) is 0 Å². The van der Waals surface area contributed by atoms with Gasteiger partial charge in [0.05, 0.1) is 18.2 Å². The number of hydrogen-bond acceptors (Lipinski definition) is 3. The van der Waals surface area contributed by atoms with Crippen molar-refractivity contribution in [1.29, 1.82) is 0 Å². The van der Waals surface area contributed by atoms with Crippen molar-refractivity contribution < 1.29 is 4.74 Å². The van der Waals surface area contributed by atoms with E-state index in [1.54, 1.807) is 6.20 Å². The van der Waals surface area contributed by atoms with Gasteiger partial charge in [0.25, 0.3) is 5.56 Å². The number of aromatic nitrogens is 2. The first-order valence-corrected chi connectivity index (χ1v) is 6.91. The van der Waals surface area contributed by atoms with Crippen molar-refractivity contribution >= 4 is 0 Å². The molecule has 106 valence electrons. The van der Waals surface area contributed by atoms with Crippen LogP contribution in [0.2, 0.25) is 0 Å². The standard InChI is InChI=1S/C14H22N2O3/c1-4-15-9-7-12(17)16(13(15)18)10-11-6-5-8-14(2,3)19-11/h7,9,11H,4-6,8,10H2,1-3H3. The fourth-order valence-electron chi connectivity index (χ4n) is 2.62. The van der Waals surface area contributed by atoms with Gasteiger partial charge >= 0.3 is 5.69 Å². The Labute approximate surface area is 112 Å². The molecule has 0 N–H and O–H groups in total. The minimum Gasteiger partial charge on any atom is -0.370 e. The fraction of sp³-hybridized carbons (Fsp3) is 0.714. The normalized spacial score (nSPS) is 22.4. The van der Waals surface area contributed by atoms with Gasteiger partial charge in [-0.05, 0) is 40.0 Å². The van der Waals surface area contributed by atoms with Gasteiger partial charge in [0.1, 0.15) is 0 Å². The SMILES string of the molecule is CCn1ccc(=O)n(CC2CCCC(C)(C)O2)c1=O. The average Bonchev–Trinajstić information content (AvgIpc) is 2.33. The smallest absolute Gasteiger partial charge is 0.331 e. The molecule has 1 aromatic rings. The fourth-order valence-corrected chi connectivity index (χ4v) is 2.62. The van der Waals surface area contributed by atoms with Crippen LogP contribution in [0, 0.1) is 0 Å². The topological polar surface area (TPSA) is 53.2 Å². The molecule has 0 spiro atoms. The maximum atomic E-state index is 12.1. The summed E-state index contributed by atoms with van der Waals surface area (Å²) in [6.45, 7) is 6.91. The first-order chi connectivity index (χ1) is 8.93. The summed E-state index contributed by atoms with van der Waals surface area (Å²) in [5, 5.41) is 0. The van der Waals surface area contributed by atoms with Crippen LogP contribution in [-0.2, 0) is 17.8 Å². The molecule has 19 heavy (non-hydrogen) atoms. The first kappa shape index (κ1) is 14.1. The summed E-state index contributed by atoms with van der Waals surface area (Å²) in [6, 6.07) is 1.44. The van der Waals surface area contributed by atoms with E-state index < -0.39 is 0 Å². The first-order valence-electron chi connectivity index (χ1n) is 6.91.